The fraction of sp³-hybridized carbons (Fsp3) is 0.356. The number of pyridine rings is 6. The first-order chi connectivity index (χ1) is 47.4. The third kappa shape index (κ3) is 12.0. The third-order valence-electron chi connectivity index (χ3n) is 21.9. The van der Waals surface area contributed by atoms with Gasteiger partial charge in [-0.25, -0.2) is 29.9 Å². The van der Waals surface area contributed by atoms with Crippen LogP contribution in [0.15, 0.2) is 164 Å². The molecule has 0 bridgehead atoms. The monoisotopic (exact) mass is 1420 g/mol. The molecule has 3 aliphatic carbocycles. The van der Waals surface area contributed by atoms with Gasteiger partial charge in [0.15, 0.2) is 16.9 Å². The number of anilines is 6. The van der Waals surface area contributed by atoms with Crippen LogP contribution in [0.5, 0.6) is 0 Å². The van der Waals surface area contributed by atoms with Gasteiger partial charge >= 0.3 is 0 Å². The van der Waals surface area contributed by atoms with E-state index in [1.165, 1.54) is 71.6 Å². The van der Waals surface area contributed by atoms with Crippen molar-refractivity contribution < 1.29 is 0 Å². The molecule has 3 saturated heterocycles. The number of piperidine rings is 3. The highest BCUT2D eigenvalue weighted by Crippen LogP contribution is 2.54. The summed E-state index contributed by atoms with van der Waals surface area (Å²) in [7, 11) is 0. The number of nitrogen functional groups attached to an aromatic ring is 3. The molecule has 19 nitrogen and oxygen atoms in total. The van der Waals surface area contributed by atoms with Crippen molar-refractivity contribution in [3.05, 3.63) is 189 Å². The van der Waals surface area contributed by atoms with Crippen molar-refractivity contribution in [2.75, 3.05) is 71.2 Å². The molecule has 3 spiro atoms. The first-order valence-electron chi connectivity index (χ1n) is 33.6. The van der Waals surface area contributed by atoms with E-state index in [1.54, 1.807) is 60.2 Å². The Morgan fingerprint density at radius 1 is 0.449 bits per heavy atom. The Bertz CT molecular complexity index is 4610. The summed E-state index contributed by atoms with van der Waals surface area (Å²) in [4.78, 5) is 39.3. The molecule has 1 unspecified atom stereocenters. The predicted octanol–water partition coefficient (Wildman–Crippen LogP) is 14.5. The summed E-state index contributed by atoms with van der Waals surface area (Å²) in [5.74, 6) is 4.46. The number of aryl methyl sites for hydroxylation is 3. The van der Waals surface area contributed by atoms with Crippen LogP contribution in [0.3, 0.4) is 0 Å². The minimum Gasteiger partial charge on any atom is -0.382 e. The summed E-state index contributed by atoms with van der Waals surface area (Å²) in [6.45, 7) is 12.3. The predicted molar refractivity (Wildman–Crippen MR) is 399 cm³/mol. The first kappa shape index (κ1) is 66.4. The van der Waals surface area contributed by atoms with Crippen LogP contribution in [0.1, 0.15) is 109 Å². The Morgan fingerprint density at radius 3 is 1.24 bits per heavy atom. The summed E-state index contributed by atoms with van der Waals surface area (Å²) < 4.78 is 6.32. The molecular weight excluding hydrogens is 1350 g/mol. The fourth-order valence-corrected chi connectivity index (χ4v) is 20.0. The lowest BCUT2D eigenvalue weighted by Gasteiger charge is -2.43. The van der Waals surface area contributed by atoms with Crippen LogP contribution in [0.4, 0.5) is 34.9 Å². The van der Waals surface area contributed by atoms with E-state index in [4.69, 9.17) is 74.2 Å². The number of nitrogens with two attached hydrogens (primary N) is 6. The Labute approximate surface area is 598 Å². The SMILES string of the molecule is Cc1cc(N2CCC3(CC2)Cc2ccccc2C3N)n2ccnc2c1Sc1ccnc(N)c1Cl.Cc1cc(N2CCC3(CC2)Cc2ccccc2[C@H]3N)n2ncnc2c1Sc1ccnc(N)c1Cl.Cc1cc(N2CCC3(CCC[C@H]3N)CC2)n2ccnc2c1Sc1ccnc(N)c1Cl. The lowest BCUT2D eigenvalue weighted by atomic mass is 9.73. The molecule has 1 saturated carbocycles. The minimum atomic E-state index is 0.107. The summed E-state index contributed by atoms with van der Waals surface area (Å²) in [5.41, 5.74) is 50.1. The van der Waals surface area contributed by atoms with Crippen LogP contribution in [0.2, 0.25) is 15.1 Å². The van der Waals surface area contributed by atoms with Crippen molar-refractivity contribution in [2.24, 2.45) is 33.4 Å². The van der Waals surface area contributed by atoms with Gasteiger partial charge in [0.25, 0.3) is 0 Å². The Morgan fingerprint density at radius 2 is 0.837 bits per heavy atom. The van der Waals surface area contributed by atoms with Gasteiger partial charge in [0, 0.05) is 115 Å². The topological polar surface area (TPSA) is 269 Å². The van der Waals surface area contributed by atoms with Crippen molar-refractivity contribution in [1.82, 2.24) is 48.3 Å². The van der Waals surface area contributed by atoms with Gasteiger partial charge in [-0.2, -0.15) is 9.61 Å². The summed E-state index contributed by atoms with van der Waals surface area (Å²) in [6, 6.07) is 30.3. The minimum absolute atomic E-state index is 0.107. The van der Waals surface area contributed by atoms with Crippen LogP contribution in [0.25, 0.3) is 16.9 Å². The van der Waals surface area contributed by atoms with Crippen molar-refractivity contribution in [2.45, 2.75) is 139 Å². The van der Waals surface area contributed by atoms with Gasteiger partial charge < -0.3 is 49.1 Å². The standard InChI is InChI=1S/C26H27ClN6S.C25H26ClN7S.C22H27ClN6S/c1-16-14-20(32-11-7-26(8-12-32)15-17-4-2-3-5-18(17)23(26)28)33-13-10-31-25(33)22(16)34-19-6-9-30-24(29)21(19)27;1-15-12-19(32-10-7-25(8-11-32)13-16-4-2-3-5-17(16)22(25)27)33-24(30-14-31-33)21(15)34-18-6-9-29-23(28)20(18)26;1-14-13-17(28-10-6-22(7-11-28)5-2-3-16(22)24)29-12-9-27-21(29)19(14)30-15-4-8-26-20(25)18(15)23/h2-6,9-10,13-14,23H,7-8,11-12,15,28H2,1H3,(H2,29,30);2-6,9,12,14,22H,7-8,10-11,13,27H2,1H3,(H2,28,29);4,8-9,12-13,16H,2-3,5-7,10-11,24H2,1H3,(H2,25,26)/t;22-;16-/m.11/s1. The number of hydrogen-bond donors (Lipinski definition) is 6. The Hall–Kier alpha value is -7.51. The van der Waals surface area contributed by atoms with Crippen molar-refractivity contribution >= 4 is 122 Å². The lowest BCUT2D eigenvalue weighted by molar-refractivity contribution is 0.187. The zero-order valence-corrected chi connectivity index (χ0v) is 59.8. The van der Waals surface area contributed by atoms with Crippen LogP contribution in [0, 0.1) is 37.0 Å². The molecule has 9 aromatic heterocycles. The van der Waals surface area contributed by atoms with Gasteiger partial charge in [0.1, 0.15) is 41.2 Å². The van der Waals surface area contributed by atoms with Crippen LogP contribution >= 0.6 is 70.1 Å². The van der Waals surface area contributed by atoms with E-state index in [2.05, 4.69) is 141 Å². The summed E-state index contributed by atoms with van der Waals surface area (Å²) in [5, 5.41) is 6.00. The molecule has 98 heavy (non-hydrogen) atoms. The van der Waals surface area contributed by atoms with Crippen LogP contribution < -0.4 is 49.1 Å². The second-order valence-electron chi connectivity index (χ2n) is 27.4. The highest BCUT2D eigenvalue weighted by molar-refractivity contribution is 8.00. The smallest absolute Gasteiger partial charge is 0.171 e. The molecule has 0 radical (unpaired) electrons. The number of aromatic nitrogens is 10. The highest BCUT2D eigenvalue weighted by atomic mass is 35.5. The van der Waals surface area contributed by atoms with E-state index in [1.807, 2.05) is 47.5 Å². The lowest BCUT2D eigenvalue weighted by Crippen LogP contribution is -2.47. The van der Waals surface area contributed by atoms with E-state index in [0.717, 1.165) is 141 Å². The molecular formula is C73H80Cl3N19S3. The number of nitrogens with zero attached hydrogens (tertiary/aromatic N) is 13. The molecule has 25 heteroatoms. The van der Waals surface area contributed by atoms with Gasteiger partial charge in [0.05, 0.1) is 29.8 Å². The number of rotatable bonds is 9. The maximum Gasteiger partial charge on any atom is 0.171 e. The molecule has 6 aliphatic rings. The van der Waals surface area contributed by atoms with Gasteiger partial charge in [-0.05, 0) is 177 Å². The molecule has 12 heterocycles. The second kappa shape index (κ2) is 26.9. The van der Waals surface area contributed by atoms with Crippen molar-refractivity contribution in [1.29, 1.82) is 0 Å². The van der Waals surface area contributed by atoms with Crippen LogP contribution in [-0.2, 0) is 12.8 Å². The van der Waals surface area contributed by atoms with Crippen molar-refractivity contribution in [3.63, 3.8) is 0 Å². The zero-order chi connectivity index (χ0) is 67.8. The molecule has 12 N–H and O–H groups in total. The molecule has 2 aromatic carbocycles. The quantitative estimate of drug-likeness (QED) is 0.0784. The zero-order valence-electron chi connectivity index (χ0n) is 55.1. The van der Waals surface area contributed by atoms with Gasteiger partial charge in [-0.1, -0.05) is 125 Å². The molecule has 3 aliphatic heterocycles. The second-order valence-corrected chi connectivity index (χ2v) is 31.7. The van der Waals surface area contributed by atoms with Crippen LogP contribution in [-0.4, -0.2) is 93.6 Å². The van der Waals surface area contributed by atoms with E-state index in [9.17, 15) is 0 Å². The highest BCUT2D eigenvalue weighted by Gasteiger charge is 2.48. The maximum absolute atomic E-state index is 6.79. The van der Waals surface area contributed by atoms with Crippen molar-refractivity contribution in [3.8, 4) is 0 Å². The maximum atomic E-state index is 6.79. The number of fused-ring (bicyclic) bond motifs is 5. The largest absolute Gasteiger partial charge is 0.382 e. The molecule has 4 fully saturated rings. The Kier molecular flexibility index (Phi) is 18.2. The van der Waals surface area contributed by atoms with Gasteiger partial charge in [0.2, 0.25) is 0 Å². The van der Waals surface area contributed by atoms with E-state index in [-0.39, 0.29) is 22.9 Å². The molecule has 506 valence electrons. The van der Waals surface area contributed by atoms with E-state index in [0.29, 0.717) is 44.0 Å². The number of hydrogen-bond acceptors (Lipinski definition) is 19. The number of halogens is 3. The average molecular weight is 1430 g/mol. The first-order valence-corrected chi connectivity index (χ1v) is 37.2. The fourth-order valence-electron chi connectivity index (χ4n) is 16.3. The number of imidazole rings is 2. The molecule has 3 atom stereocenters. The average Bonchev–Trinajstić information content (AvgIpc) is 1.51. The number of benzene rings is 2. The van der Waals surface area contributed by atoms with E-state index >= 15 is 0 Å². The van der Waals surface area contributed by atoms with E-state index < -0.39 is 0 Å². The Balaban J connectivity index is 0.000000120. The van der Waals surface area contributed by atoms with Gasteiger partial charge in [-0.3, -0.25) is 8.80 Å². The normalized spacial score (nSPS) is 19.7. The summed E-state index contributed by atoms with van der Waals surface area (Å²) in [6.07, 6.45) is 27.0. The molecule has 0 amide bonds. The molecule has 17 rings (SSSR count). The van der Waals surface area contributed by atoms with Gasteiger partial charge in [-0.15, -0.1) is 0 Å². The third-order valence-corrected chi connectivity index (χ3v) is 27.3. The molecule has 11 aromatic rings. The summed E-state index contributed by atoms with van der Waals surface area (Å²) >= 11 is 23.9.